The van der Waals surface area contributed by atoms with E-state index in [-0.39, 0.29) is 0 Å². The first-order valence-corrected chi connectivity index (χ1v) is 8.63. The highest BCUT2D eigenvalue weighted by Crippen LogP contribution is 2.26. The molecule has 6 heteroatoms. The minimum Gasteiger partial charge on any atom is -0.405 e. The lowest BCUT2D eigenvalue weighted by Crippen LogP contribution is -2.06. The van der Waals surface area contributed by atoms with E-state index in [1.165, 1.54) is 6.20 Å². The molecule has 0 aliphatic heterocycles. The number of pyridine rings is 1. The number of benzene rings is 1. The second kappa shape index (κ2) is 7.90. The molecule has 3 N–H and O–H groups in total. The summed E-state index contributed by atoms with van der Waals surface area (Å²) in [4.78, 5) is 13.7. The van der Waals surface area contributed by atoms with E-state index < -0.39 is 0 Å². The van der Waals surface area contributed by atoms with Crippen LogP contribution in [0.25, 0.3) is 16.5 Å². The number of aromatic nitrogens is 3. The van der Waals surface area contributed by atoms with E-state index in [2.05, 4.69) is 31.2 Å². The average Bonchev–Trinajstić information content (AvgIpc) is 2.64. The van der Waals surface area contributed by atoms with Gasteiger partial charge in [-0.25, -0.2) is 9.97 Å². The molecule has 0 saturated carbocycles. The first-order chi connectivity index (χ1) is 12.2. The molecule has 0 bridgehead atoms. The molecule has 0 spiro atoms. The van der Waals surface area contributed by atoms with Crippen LogP contribution in [0.15, 0.2) is 65.4 Å². The van der Waals surface area contributed by atoms with Gasteiger partial charge in [0.2, 0.25) is 0 Å². The van der Waals surface area contributed by atoms with Crippen LogP contribution in [-0.4, -0.2) is 15.0 Å². The number of nitrogens with zero attached hydrogens (tertiary/aromatic N) is 3. The Morgan fingerprint density at radius 1 is 1.24 bits per heavy atom. The Bertz CT molecular complexity index is 935. The Hall–Kier alpha value is -2.73. The van der Waals surface area contributed by atoms with E-state index >= 15 is 0 Å². The number of allylic oxidation sites excluding steroid dienone is 3. The maximum absolute atomic E-state index is 5.42. The summed E-state index contributed by atoms with van der Waals surface area (Å²) in [6, 6.07) is 11.8. The zero-order chi connectivity index (χ0) is 17.6. The Kier molecular flexibility index (Phi) is 5.40. The lowest BCUT2D eigenvalue weighted by atomic mass is 10.2. The summed E-state index contributed by atoms with van der Waals surface area (Å²) in [5, 5.41) is 4.34. The third-order valence-electron chi connectivity index (χ3n) is 3.63. The lowest BCUT2D eigenvalue weighted by Gasteiger charge is -2.11. The highest BCUT2D eigenvalue weighted by atomic mass is 79.9. The molecule has 25 heavy (non-hydrogen) atoms. The number of fused-ring (bicyclic) bond motifs is 1. The summed E-state index contributed by atoms with van der Waals surface area (Å²) in [7, 11) is 0. The zero-order valence-electron chi connectivity index (χ0n) is 13.8. The molecule has 0 fully saturated rings. The van der Waals surface area contributed by atoms with Gasteiger partial charge >= 0.3 is 0 Å². The molecule has 0 saturated heterocycles. The summed E-state index contributed by atoms with van der Waals surface area (Å²) in [6.45, 7) is 2.55. The van der Waals surface area contributed by atoms with Crippen molar-refractivity contribution in [3.05, 3.63) is 76.9 Å². The van der Waals surface area contributed by atoms with E-state index in [4.69, 9.17) is 10.7 Å². The van der Waals surface area contributed by atoms with Crippen molar-refractivity contribution >= 4 is 38.2 Å². The van der Waals surface area contributed by atoms with Gasteiger partial charge in [-0.2, -0.15) is 0 Å². The van der Waals surface area contributed by atoms with Crippen LogP contribution in [0, 0.1) is 0 Å². The van der Waals surface area contributed by atoms with Crippen LogP contribution < -0.4 is 11.1 Å². The van der Waals surface area contributed by atoms with Crippen LogP contribution in [0.3, 0.4) is 0 Å². The molecule has 1 aromatic carbocycles. The van der Waals surface area contributed by atoms with E-state index in [1.807, 2.05) is 49.4 Å². The Labute approximate surface area is 154 Å². The van der Waals surface area contributed by atoms with Crippen LogP contribution in [-0.2, 0) is 6.54 Å². The third-order valence-corrected chi connectivity index (χ3v) is 4.13. The van der Waals surface area contributed by atoms with Crippen molar-refractivity contribution in [2.45, 2.75) is 13.5 Å². The summed E-state index contributed by atoms with van der Waals surface area (Å²) in [5.41, 5.74) is 8.17. The molecular weight excluding hydrogens is 378 g/mol. The lowest BCUT2D eigenvalue weighted by molar-refractivity contribution is 1.02. The second-order valence-electron chi connectivity index (χ2n) is 5.47. The predicted molar refractivity (Wildman–Crippen MR) is 106 cm³/mol. The molecule has 0 radical (unpaired) electrons. The summed E-state index contributed by atoms with van der Waals surface area (Å²) >= 11 is 3.50. The topological polar surface area (TPSA) is 76.7 Å². The fraction of sp³-hybridized carbons (Fsp3) is 0.105. The Morgan fingerprint density at radius 2 is 2.12 bits per heavy atom. The first kappa shape index (κ1) is 17.1. The van der Waals surface area contributed by atoms with Crippen LogP contribution in [0.2, 0.25) is 0 Å². The molecular formula is C19H18BrN5. The number of anilines is 1. The van der Waals surface area contributed by atoms with Crippen LogP contribution in [0.5, 0.6) is 0 Å². The monoisotopic (exact) mass is 395 g/mol. The molecule has 3 rings (SSSR count). The molecule has 0 unspecified atom stereocenters. The van der Waals surface area contributed by atoms with Gasteiger partial charge in [0, 0.05) is 16.1 Å². The van der Waals surface area contributed by atoms with Crippen molar-refractivity contribution in [2.24, 2.45) is 5.73 Å². The molecule has 0 amide bonds. The smallest absolute Gasteiger partial charge is 0.157 e. The van der Waals surface area contributed by atoms with E-state index in [9.17, 15) is 0 Å². The fourth-order valence-electron chi connectivity index (χ4n) is 2.37. The number of hydrogen-bond acceptors (Lipinski definition) is 5. The van der Waals surface area contributed by atoms with E-state index in [0.29, 0.717) is 12.4 Å². The molecule has 126 valence electrons. The van der Waals surface area contributed by atoms with Crippen LogP contribution in [0.4, 0.5) is 5.82 Å². The standard InChI is InChI=1S/C19H18BrN5/c1-13(5-4-9-21)18-24-17-11-14(20)7-8-16(17)19(25-18)23-12-15-6-2-3-10-22-15/h2-11H,12,21H2,1H3,(H,23,24,25)/b9-4-,13-5+. The number of nitrogens with one attached hydrogen (secondary N) is 1. The molecule has 0 aliphatic rings. The molecule has 5 nitrogen and oxygen atoms in total. The maximum Gasteiger partial charge on any atom is 0.157 e. The van der Waals surface area contributed by atoms with Crippen molar-refractivity contribution < 1.29 is 0 Å². The zero-order valence-corrected chi connectivity index (χ0v) is 15.4. The maximum atomic E-state index is 5.42. The predicted octanol–water partition coefficient (Wildman–Crippen LogP) is 4.28. The average molecular weight is 396 g/mol. The molecule has 0 atom stereocenters. The van der Waals surface area contributed by atoms with Gasteiger partial charge in [0.05, 0.1) is 17.8 Å². The van der Waals surface area contributed by atoms with Gasteiger partial charge in [0.1, 0.15) is 5.82 Å². The van der Waals surface area contributed by atoms with Crippen LogP contribution in [0.1, 0.15) is 18.4 Å². The van der Waals surface area contributed by atoms with E-state index in [0.717, 1.165) is 32.5 Å². The largest absolute Gasteiger partial charge is 0.405 e. The molecule has 2 aromatic heterocycles. The Balaban J connectivity index is 2.02. The van der Waals surface area contributed by atoms with Crippen molar-refractivity contribution in [3.8, 4) is 0 Å². The number of halogens is 1. The number of rotatable bonds is 5. The number of nitrogens with two attached hydrogens (primary N) is 1. The molecule has 2 heterocycles. The van der Waals surface area contributed by atoms with Crippen molar-refractivity contribution in [3.63, 3.8) is 0 Å². The van der Waals surface area contributed by atoms with Gasteiger partial charge in [0.15, 0.2) is 5.82 Å². The normalized spacial score (nSPS) is 12.0. The van der Waals surface area contributed by atoms with Crippen molar-refractivity contribution in [2.75, 3.05) is 5.32 Å². The van der Waals surface area contributed by atoms with Gasteiger partial charge in [-0.15, -0.1) is 0 Å². The van der Waals surface area contributed by atoms with Gasteiger partial charge in [-0.1, -0.05) is 28.1 Å². The summed E-state index contributed by atoms with van der Waals surface area (Å²) < 4.78 is 0.976. The fourth-order valence-corrected chi connectivity index (χ4v) is 2.71. The summed E-state index contributed by atoms with van der Waals surface area (Å²) in [5.74, 6) is 1.44. The van der Waals surface area contributed by atoms with Crippen molar-refractivity contribution in [1.29, 1.82) is 0 Å². The van der Waals surface area contributed by atoms with Crippen LogP contribution >= 0.6 is 15.9 Å². The third kappa shape index (κ3) is 4.22. The van der Waals surface area contributed by atoms with Crippen molar-refractivity contribution in [1.82, 2.24) is 15.0 Å². The van der Waals surface area contributed by atoms with Gasteiger partial charge in [0.25, 0.3) is 0 Å². The molecule has 0 aliphatic carbocycles. The minimum atomic E-state index is 0.591. The number of hydrogen-bond donors (Lipinski definition) is 2. The highest BCUT2D eigenvalue weighted by molar-refractivity contribution is 9.10. The second-order valence-corrected chi connectivity index (χ2v) is 6.38. The first-order valence-electron chi connectivity index (χ1n) is 7.84. The molecule has 3 aromatic rings. The highest BCUT2D eigenvalue weighted by Gasteiger charge is 2.09. The van der Waals surface area contributed by atoms with Gasteiger partial charge < -0.3 is 11.1 Å². The SMILES string of the molecule is C/C(=C\C=C/N)c1nc(NCc2ccccn2)c2ccc(Br)cc2n1. The summed E-state index contributed by atoms with van der Waals surface area (Å²) in [6.07, 6.45) is 6.93. The van der Waals surface area contributed by atoms with E-state index in [1.54, 1.807) is 12.3 Å². The minimum absolute atomic E-state index is 0.591. The van der Waals surface area contributed by atoms with Gasteiger partial charge in [-0.3, -0.25) is 4.98 Å². The quantitative estimate of drug-likeness (QED) is 0.630. The Morgan fingerprint density at radius 3 is 2.88 bits per heavy atom. The van der Waals surface area contributed by atoms with Gasteiger partial charge in [-0.05, 0) is 55.1 Å².